The summed E-state index contributed by atoms with van der Waals surface area (Å²) >= 11 is 6.51. The van der Waals surface area contributed by atoms with Crippen molar-refractivity contribution in [2.45, 2.75) is 12.8 Å². The van der Waals surface area contributed by atoms with Crippen LogP contribution in [0.15, 0.2) is 73.4 Å². The van der Waals surface area contributed by atoms with Crippen LogP contribution in [0.4, 0.5) is 0 Å². The number of benzene rings is 2. The third-order valence-electron chi connectivity index (χ3n) is 5.15. The number of hydrogen-bond acceptors (Lipinski definition) is 3. The molecule has 31 heavy (non-hydrogen) atoms. The second kappa shape index (κ2) is 8.22. The first kappa shape index (κ1) is 19.3. The van der Waals surface area contributed by atoms with Crippen LogP contribution in [0.3, 0.4) is 0 Å². The van der Waals surface area contributed by atoms with E-state index in [1.165, 1.54) is 5.56 Å². The molecule has 5 aromatic rings. The van der Waals surface area contributed by atoms with E-state index < -0.39 is 0 Å². The van der Waals surface area contributed by atoms with Crippen molar-refractivity contribution >= 4 is 33.5 Å². The van der Waals surface area contributed by atoms with Gasteiger partial charge in [-0.3, -0.25) is 14.5 Å². The van der Waals surface area contributed by atoms with Crippen LogP contribution in [0.5, 0.6) is 0 Å². The van der Waals surface area contributed by atoms with E-state index in [1.54, 1.807) is 18.6 Å². The molecule has 0 aliphatic heterocycles. The Morgan fingerprint density at radius 2 is 1.84 bits per heavy atom. The van der Waals surface area contributed by atoms with Gasteiger partial charge in [-0.2, -0.15) is 0 Å². The number of aryl methyl sites for hydroxylation is 1. The number of imidazole rings is 1. The summed E-state index contributed by atoms with van der Waals surface area (Å²) in [4.78, 5) is 13.2. The van der Waals surface area contributed by atoms with Gasteiger partial charge < -0.3 is 0 Å². The van der Waals surface area contributed by atoms with Crippen LogP contribution >= 0.6 is 11.6 Å². The van der Waals surface area contributed by atoms with E-state index in [4.69, 9.17) is 11.6 Å². The summed E-state index contributed by atoms with van der Waals surface area (Å²) in [7, 11) is 0. The van der Waals surface area contributed by atoms with E-state index in [2.05, 4.69) is 62.5 Å². The Bertz CT molecular complexity index is 1440. The number of hydrogen-bond donors (Lipinski definition) is 0. The Labute approximate surface area is 185 Å². The van der Waals surface area contributed by atoms with Crippen molar-refractivity contribution in [1.82, 2.24) is 19.5 Å². The van der Waals surface area contributed by atoms with Crippen LogP contribution in [0.1, 0.15) is 23.1 Å². The van der Waals surface area contributed by atoms with Gasteiger partial charge in [-0.25, -0.2) is 4.98 Å². The van der Waals surface area contributed by atoms with E-state index in [-0.39, 0.29) is 0 Å². The number of aromatic nitrogens is 4. The average Bonchev–Trinajstić information content (AvgIpc) is 3.24. The molecule has 0 aliphatic carbocycles. The molecular weight excluding hydrogens is 404 g/mol. The van der Waals surface area contributed by atoms with Crippen molar-refractivity contribution in [2.75, 3.05) is 0 Å². The highest BCUT2D eigenvalue weighted by Gasteiger charge is 2.12. The first-order chi connectivity index (χ1) is 15.2. The zero-order chi connectivity index (χ0) is 21.2. The van der Waals surface area contributed by atoms with Gasteiger partial charge in [0, 0.05) is 34.6 Å². The Hall–Kier alpha value is -3.68. The molecule has 0 amide bonds. The Kier molecular flexibility index (Phi) is 5.11. The predicted molar refractivity (Wildman–Crippen MR) is 125 cm³/mol. The summed E-state index contributed by atoms with van der Waals surface area (Å²) < 4.78 is 2.08. The minimum absolute atomic E-state index is 0.569. The van der Waals surface area contributed by atoms with Crippen LogP contribution in [0.2, 0.25) is 5.02 Å². The number of fused-ring (bicyclic) bond motifs is 3. The Balaban J connectivity index is 1.67. The molecular formula is C26H18ClN4. The summed E-state index contributed by atoms with van der Waals surface area (Å²) in [6.07, 6.45) is 8.92. The third kappa shape index (κ3) is 3.76. The number of nitrogens with zero attached hydrogens (tertiary/aromatic N) is 4. The second-order valence-electron chi connectivity index (χ2n) is 7.22. The van der Waals surface area contributed by atoms with Crippen molar-refractivity contribution in [1.29, 1.82) is 0 Å². The number of halogens is 1. The van der Waals surface area contributed by atoms with Crippen LogP contribution in [-0.4, -0.2) is 19.5 Å². The molecule has 149 valence electrons. The molecule has 0 aliphatic rings. The largest absolute Gasteiger partial charge is 0.298 e. The monoisotopic (exact) mass is 421 g/mol. The molecule has 0 N–H and O–H groups in total. The van der Waals surface area contributed by atoms with Crippen molar-refractivity contribution in [2.24, 2.45) is 0 Å². The molecule has 0 saturated carbocycles. The molecule has 0 atom stereocenters. The maximum Gasteiger partial charge on any atom is 0.108 e. The zero-order valence-electron chi connectivity index (χ0n) is 16.7. The fraction of sp³-hybridized carbons (Fsp3) is 0.0769. The second-order valence-corrected chi connectivity index (χ2v) is 7.62. The Morgan fingerprint density at radius 1 is 0.968 bits per heavy atom. The van der Waals surface area contributed by atoms with Gasteiger partial charge >= 0.3 is 0 Å². The average molecular weight is 422 g/mol. The molecule has 0 bridgehead atoms. The molecule has 0 unspecified atom stereocenters. The van der Waals surface area contributed by atoms with Crippen molar-refractivity contribution in [3.8, 4) is 17.5 Å². The number of pyridine rings is 2. The lowest BCUT2D eigenvalue weighted by atomic mass is 10.1. The highest BCUT2D eigenvalue weighted by molar-refractivity contribution is 6.32. The summed E-state index contributed by atoms with van der Waals surface area (Å²) in [5, 5.41) is 1.52. The molecule has 0 saturated heterocycles. The van der Waals surface area contributed by atoms with Crippen molar-refractivity contribution in [3.63, 3.8) is 0 Å². The number of rotatable bonds is 3. The first-order valence-corrected chi connectivity index (χ1v) is 10.4. The van der Waals surface area contributed by atoms with Gasteiger partial charge in [0.05, 0.1) is 22.3 Å². The SMILES string of the molecule is [CH2]CCc1ccc(-n2cnc3cnc4cc(Cl)c(C#Cc5cccnc5)cc4c32)cc1. The molecule has 1 radical (unpaired) electrons. The standard InChI is InChI=1S/C26H18ClN4/c1-2-4-18-7-10-21(11-8-18)31-17-30-25-16-29-24-14-23(27)20(13-22(24)26(25)31)9-6-19-5-3-12-28-15-19/h3,5,7-8,10-17H,1-2,4H2. The quantitative estimate of drug-likeness (QED) is 0.346. The van der Waals surface area contributed by atoms with E-state index in [0.29, 0.717) is 5.02 Å². The molecule has 0 fully saturated rings. The molecule has 5 rings (SSSR count). The lowest BCUT2D eigenvalue weighted by Crippen LogP contribution is -1.95. The van der Waals surface area contributed by atoms with E-state index in [9.17, 15) is 0 Å². The van der Waals surface area contributed by atoms with Gasteiger partial charge in [0.2, 0.25) is 0 Å². The van der Waals surface area contributed by atoms with Crippen LogP contribution in [0.25, 0.3) is 27.6 Å². The molecule has 3 aromatic heterocycles. The van der Waals surface area contributed by atoms with E-state index >= 15 is 0 Å². The van der Waals surface area contributed by atoms with Gasteiger partial charge in [-0.15, -0.1) is 0 Å². The van der Waals surface area contributed by atoms with Crippen LogP contribution in [-0.2, 0) is 6.42 Å². The van der Waals surface area contributed by atoms with Gasteiger partial charge in [0.1, 0.15) is 11.8 Å². The van der Waals surface area contributed by atoms with E-state index in [0.717, 1.165) is 51.6 Å². The lowest BCUT2D eigenvalue weighted by Gasteiger charge is -2.09. The minimum Gasteiger partial charge on any atom is -0.298 e. The molecule has 4 nitrogen and oxygen atoms in total. The molecule has 2 aromatic carbocycles. The maximum atomic E-state index is 6.51. The van der Waals surface area contributed by atoms with Gasteiger partial charge in [0.25, 0.3) is 0 Å². The highest BCUT2D eigenvalue weighted by atomic mass is 35.5. The van der Waals surface area contributed by atoms with E-state index in [1.807, 2.05) is 30.6 Å². The van der Waals surface area contributed by atoms with Gasteiger partial charge in [-0.1, -0.05) is 42.5 Å². The molecule has 0 spiro atoms. The summed E-state index contributed by atoms with van der Waals surface area (Å²) in [6.45, 7) is 3.93. The highest BCUT2D eigenvalue weighted by Crippen LogP contribution is 2.30. The van der Waals surface area contributed by atoms with Crippen LogP contribution in [0, 0.1) is 18.8 Å². The fourth-order valence-electron chi connectivity index (χ4n) is 3.61. The normalized spacial score (nSPS) is 10.9. The Morgan fingerprint density at radius 3 is 2.61 bits per heavy atom. The van der Waals surface area contributed by atoms with Gasteiger partial charge in [-0.05, 0) is 54.8 Å². The van der Waals surface area contributed by atoms with Crippen molar-refractivity contribution in [3.05, 3.63) is 102 Å². The van der Waals surface area contributed by atoms with Gasteiger partial charge in [0.15, 0.2) is 0 Å². The minimum atomic E-state index is 0.569. The first-order valence-electron chi connectivity index (χ1n) is 9.99. The smallest absolute Gasteiger partial charge is 0.108 e. The summed E-state index contributed by atoms with van der Waals surface area (Å²) in [6, 6.07) is 16.1. The fourth-order valence-corrected chi connectivity index (χ4v) is 3.81. The zero-order valence-corrected chi connectivity index (χ0v) is 17.5. The predicted octanol–water partition coefficient (Wildman–Crippen LogP) is 5.79. The summed E-state index contributed by atoms with van der Waals surface area (Å²) in [5.74, 6) is 6.30. The maximum absolute atomic E-state index is 6.51. The molecule has 3 heterocycles. The molecule has 5 heteroatoms. The lowest BCUT2D eigenvalue weighted by molar-refractivity contribution is 0.994. The van der Waals surface area contributed by atoms with Crippen molar-refractivity contribution < 1.29 is 0 Å². The summed E-state index contributed by atoms with van der Waals surface area (Å²) in [5.41, 5.74) is 6.50. The third-order valence-corrected chi connectivity index (χ3v) is 5.46. The topological polar surface area (TPSA) is 43.6 Å². The van der Waals surface area contributed by atoms with Crippen LogP contribution < -0.4 is 0 Å².